The van der Waals surface area contributed by atoms with Gasteiger partial charge in [0.15, 0.2) is 0 Å². The molecule has 5 rings (SSSR count). The minimum atomic E-state index is -0.640. The average Bonchev–Trinajstić information content (AvgIpc) is 2.72. The first kappa shape index (κ1) is 23.1. The Balaban J connectivity index is 1.25. The Labute approximate surface area is 189 Å². The number of morpholine rings is 1. The summed E-state index contributed by atoms with van der Waals surface area (Å²) in [5.74, 6) is -0.216. The first-order chi connectivity index (χ1) is 15.3. The highest BCUT2D eigenvalue weighted by atomic mass is 16.5. The van der Waals surface area contributed by atoms with E-state index in [4.69, 9.17) is 4.74 Å². The zero-order valence-corrected chi connectivity index (χ0v) is 18.6. The lowest BCUT2D eigenvalue weighted by Crippen LogP contribution is -2.65. The van der Waals surface area contributed by atoms with Crippen LogP contribution in [0.1, 0.15) is 64.2 Å². The predicted molar refractivity (Wildman–Crippen MR) is 115 cm³/mol. The second kappa shape index (κ2) is 9.21. The molecule has 8 nitrogen and oxygen atoms in total. The van der Waals surface area contributed by atoms with Gasteiger partial charge in [0.2, 0.25) is 0 Å². The van der Waals surface area contributed by atoms with Gasteiger partial charge in [-0.25, -0.2) is 0 Å². The zero-order valence-electron chi connectivity index (χ0n) is 18.6. The molecule has 0 radical (unpaired) electrons. The SMILES string of the molecule is O=C1CC2OC3CC(O)C(C4CCC(O)CC4O)CC3NC2CC1C1CCC(O)CC1O. The van der Waals surface area contributed by atoms with Gasteiger partial charge in [0.25, 0.3) is 0 Å². The lowest BCUT2D eigenvalue weighted by atomic mass is 9.66. The molecule has 182 valence electrons. The summed E-state index contributed by atoms with van der Waals surface area (Å²) < 4.78 is 6.35. The van der Waals surface area contributed by atoms with Gasteiger partial charge in [-0.15, -0.1) is 0 Å². The summed E-state index contributed by atoms with van der Waals surface area (Å²) in [5, 5.41) is 55.3. The maximum Gasteiger partial charge on any atom is 0.139 e. The molecule has 6 N–H and O–H groups in total. The molecule has 0 aromatic heterocycles. The van der Waals surface area contributed by atoms with Crippen LogP contribution in [0, 0.1) is 23.7 Å². The van der Waals surface area contributed by atoms with Crippen LogP contribution >= 0.6 is 0 Å². The van der Waals surface area contributed by atoms with Gasteiger partial charge in [-0.1, -0.05) is 0 Å². The number of aliphatic hydroxyl groups is 5. The van der Waals surface area contributed by atoms with E-state index in [0.29, 0.717) is 57.8 Å². The summed E-state index contributed by atoms with van der Waals surface area (Å²) in [6, 6.07) is 0.0997. The fourth-order valence-corrected chi connectivity index (χ4v) is 7.51. The largest absolute Gasteiger partial charge is 0.393 e. The quantitative estimate of drug-likeness (QED) is 0.340. The van der Waals surface area contributed by atoms with Crippen molar-refractivity contribution in [3.05, 3.63) is 0 Å². The molecule has 0 amide bonds. The Morgan fingerprint density at radius 3 is 1.91 bits per heavy atom. The molecule has 1 saturated heterocycles. The zero-order chi connectivity index (χ0) is 22.6. The lowest BCUT2D eigenvalue weighted by molar-refractivity contribution is -0.169. The number of aliphatic hydroxyl groups excluding tert-OH is 5. The van der Waals surface area contributed by atoms with Gasteiger partial charge in [-0.2, -0.15) is 0 Å². The number of rotatable bonds is 2. The normalized spacial score (nSPS) is 54.5. The number of Topliss-reactive ketones (excluding diaryl/α,β-unsaturated/α-hetero) is 1. The van der Waals surface area contributed by atoms with Crippen LogP contribution in [0.2, 0.25) is 0 Å². The van der Waals surface area contributed by atoms with Gasteiger partial charge in [-0.3, -0.25) is 4.79 Å². The summed E-state index contributed by atoms with van der Waals surface area (Å²) in [5.41, 5.74) is 0. The second-order valence-corrected chi connectivity index (χ2v) is 11.2. The number of carbonyl (C=O) groups is 1. The van der Waals surface area contributed by atoms with Crippen LogP contribution in [0.4, 0.5) is 0 Å². The third-order valence-electron chi connectivity index (χ3n) is 9.24. The van der Waals surface area contributed by atoms with Crippen molar-refractivity contribution in [3.8, 4) is 0 Å². The van der Waals surface area contributed by atoms with E-state index in [1.54, 1.807) is 0 Å². The van der Waals surface area contributed by atoms with Crippen molar-refractivity contribution in [2.75, 3.05) is 0 Å². The molecule has 13 atom stereocenters. The first-order valence-electron chi connectivity index (χ1n) is 12.6. The number of fused-ring (bicyclic) bond motifs is 2. The maximum absolute atomic E-state index is 12.9. The Morgan fingerprint density at radius 1 is 0.656 bits per heavy atom. The summed E-state index contributed by atoms with van der Waals surface area (Å²) in [6.07, 6.45) is 2.50. The van der Waals surface area contributed by atoms with Crippen molar-refractivity contribution in [2.45, 2.75) is 119 Å². The molecular weight excluding hydrogens is 414 g/mol. The Hall–Kier alpha value is -0.610. The highest BCUT2D eigenvalue weighted by molar-refractivity contribution is 5.83. The third-order valence-corrected chi connectivity index (χ3v) is 9.24. The van der Waals surface area contributed by atoms with E-state index in [1.165, 1.54) is 0 Å². The molecule has 0 bridgehead atoms. The van der Waals surface area contributed by atoms with Crippen molar-refractivity contribution < 1.29 is 35.1 Å². The van der Waals surface area contributed by atoms with Gasteiger partial charge in [0.1, 0.15) is 5.78 Å². The van der Waals surface area contributed by atoms with Crippen LogP contribution in [0.3, 0.4) is 0 Å². The molecule has 4 saturated carbocycles. The van der Waals surface area contributed by atoms with Crippen molar-refractivity contribution in [1.82, 2.24) is 5.32 Å². The molecule has 13 unspecified atom stereocenters. The molecule has 32 heavy (non-hydrogen) atoms. The van der Waals surface area contributed by atoms with Crippen LogP contribution in [0.25, 0.3) is 0 Å². The molecule has 0 aromatic carbocycles. The Morgan fingerprint density at radius 2 is 1.25 bits per heavy atom. The highest BCUT2D eigenvalue weighted by Crippen LogP contribution is 2.44. The van der Waals surface area contributed by atoms with E-state index in [0.717, 1.165) is 6.42 Å². The number of ether oxygens (including phenoxy) is 1. The maximum atomic E-state index is 12.9. The Bertz CT molecular complexity index is 691. The summed E-state index contributed by atoms with van der Waals surface area (Å²) in [6.45, 7) is 0. The van der Waals surface area contributed by atoms with Crippen molar-refractivity contribution in [1.29, 1.82) is 0 Å². The molecule has 1 heterocycles. The molecule has 0 aromatic rings. The second-order valence-electron chi connectivity index (χ2n) is 11.2. The van der Waals surface area contributed by atoms with Crippen molar-refractivity contribution >= 4 is 5.78 Å². The van der Waals surface area contributed by atoms with E-state index >= 15 is 0 Å². The van der Waals surface area contributed by atoms with Gasteiger partial charge in [-0.05, 0) is 69.1 Å². The summed E-state index contributed by atoms with van der Waals surface area (Å²) in [7, 11) is 0. The van der Waals surface area contributed by atoms with E-state index in [-0.39, 0.29) is 53.7 Å². The van der Waals surface area contributed by atoms with Gasteiger partial charge < -0.3 is 35.6 Å². The summed E-state index contributed by atoms with van der Waals surface area (Å²) >= 11 is 0. The van der Waals surface area contributed by atoms with Crippen LogP contribution in [0.15, 0.2) is 0 Å². The van der Waals surface area contributed by atoms with E-state index in [1.807, 2.05) is 0 Å². The molecule has 5 fully saturated rings. The fourth-order valence-electron chi connectivity index (χ4n) is 7.51. The number of hydrogen-bond acceptors (Lipinski definition) is 8. The van der Waals surface area contributed by atoms with Crippen molar-refractivity contribution in [3.63, 3.8) is 0 Å². The molecule has 1 aliphatic heterocycles. The van der Waals surface area contributed by atoms with Crippen LogP contribution in [-0.2, 0) is 9.53 Å². The Kier molecular flexibility index (Phi) is 6.66. The lowest BCUT2D eigenvalue weighted by Gasteiger charge is -2.52. The predicted octanol–water partition coefficient (Wildman–Crippen LogP) is -0.126. The van der Waals surface area contributed by atoms with E-state index in [2.05, 4.69) is 5.32 Å². The molecule has 8 heteroatoms. The van der Waals surface area contributed by atoms with Gasteiger partial charge in [0.05, 0.1) is 42.7 Å². The third kappa shape index (κ3) is 4.40. The number of nitrogens with one attached hydrogen (secondary N) is 1. The molecule has 0 spiro atoms. The smallest absolute Gasteiger partial charge is 0.139 e. The topological polar surface area (TPSA) is 139 Å². The first-order valence-corrected chi connectivity index (χ1v) is 12.6. The standard InChI is InChI=1S/C24H39NO7/c26-11-1-3-13(19(28)5-11)15-7-17-23(9-21(15)30)32-24-10-22(31)16(8-18(24)25-17)14-4-2-12(27)6-20(14)29/h11-21,23-30H,1-10H2. The highest BCUT2D eigenvalue weighted by Gasteiger charge is 2.51. The van der Waals surface area contributed by atoms with Crippen LogP contribution in [0.5, 0.6) is 0 Å². The van der Waals surface area contributed by atoms with Crippen molar-refractivity contribution in [2.24, 2.45) is 23.7 Å². The van der Waals surface area contributed by atoms with Crippen LogP contribution < -0.4 is 5.32 Å². The summed E-state index contributed by atoms with van der Waals surface area (Å²) in [4.78, 5) is 12.9. The monoisotopic (exact) mass is 453 g/mol. The minimum absolute atomic E-state index is 0.0154. The van der Waals surface area contributed by atoms with Crippen LogP contribution in [-0.4, -0.2) is 86.1 Å². The fraction of sp³-hybridized carbons (Fsp3) is 0.958. The number of carbonyl (C=O) groups excluding carboxylic acids is 1. The molecular formula is C24H39NO7. The van der Waals surface area contributed by atoms with E-state index < -0.39 is 30.5 Å². The van der Waals surface area contributed by atoms with E-state index in [9.17, 15) is 30.3 Å². The van der Waals surface area contributed by atoms with Gasteiger partial charge >= 0.3 is 0 Å². The minimum Gasteiger partial charge on any atom is -0.393 e. The molecule has 4 aliphatic carbocycles. The van der Waals surface area contributed by atoms with Gasteiger partial charge in [0, 0.05) is 30.8 Å². The number of hydrogen-bond donors (Lipinski definition) is 6. The average molecular weight is 454 g/mol. The molecule has 5 aliphatic rings. The number of ketones is 1.